The van der Waals surface area contributed by atoms with Gasteiger partial charge in [-0.1, -0.05) is 19.1 Å². The summed E-state index contributed by atoms with van der Waals surface area (Å²) >= 11 is 0. The van der Waals surface area contributed by atoms with E-state index in [-0.39, 0.29) is 11.6 Å². The molecule has 1 nitrogen and oxygen atoms in total. The van der Waals surface area contributed by atoms with Crippen LogP contribution in [0.25, 0.3) is 0 Å². The Morgan fingerprint density at radius 1 is 0.792 bits per heavy atom. The van der Waals surface area contributed by atoms with Crippen LogP contribution in [-0.2, 0) is 12.4 Å². The van der Waals surface area contributed by atoms with Crippen LogP contribution in [0.3, 0.4) is 0 Å². The molecule has 2 rings (SSSR count). The summed E-state index contributed by atoms with van der Waals surface area (Å²) in [5, 5.41) is 0. The van der Waals surface area contributed by atoms with Crippen LogP contribution < -0.4 is 5.73 Å². The van der Waals surface area contributed by atoms with Crippen molar-refractivity contribution in [2.45, 2.75) is 32.1 Å². The van der Waals surface area contributed by atoms with Gasteiger partial charge in [0.2, 0.25) is 0 Å². The molecule has 0 radical (unpaired) electrons. The fourth-order valence-corrected chi connectivity index (χ4v) is 2.39. The predicted molar refractivity (Wildman–Crippen MR) is 79.6 cm³/mol. The molecule has 0 aliphatic rings. The fourth-order valence-electron chi connectivity index (χ4n) is 2.39. The van der Waals surface area contributed by atoms with E-state index in [0.29, 0.717) is 16.8 Å². The molecule has 1 unspecified atom stereocenters. The van der Waals surface area contributed by atoms with Crippen LogP contribution in [0.4, 0.5) is 32.0 Å². The van der Waals surface area contributed by atoms with E-state index in [4.69, 9.17) is 5.73 Å². The van der Waals surface area contributed by atoms with Crippen molar-refractivity contribution < 1.29 is 26.3 Å². The highest BCUT2D eigenvalue weighted by Gasteiger charge is 2.37. The normalized spacial score (nSPS) is 13.8. The van der Waals surface area contributed by atoms with E-state index in [1.807, 2.05) is 0 Å². The van der Waals surface area contributed by atoms with Gasteiger partial charge in [0, 0.05) is 11.6 Å². The van der Waals surface area contributed by atoms with E-state index in [1.54, 1.807) is 32.0 Å². The van der Waals surface area contributed by atoms with E-state index < -0.39 is 29.4 Å². The second kappa shape index (κ2) is 6.03. The van der Waals surface area contributed by atoms with Crippen LogP contribution in [0.2, 0.25) is 0 Å². The molecule has 7 heteroatoms. The first-order chi connectivity index (χ1) is 10.9. The number of halogens is 6. The standard InChI is InChI=1S/C17H15F6N/c1-9-5-11(3-4-15(9)24)10(2)12-6-13(16(18,19)20)8-14(7-12)17(21,22)23/h3-8,10H,24H2,1-2H3. The van der Waals surface area contributed by atoms with Gasteiger partial charge in [-0.2, -0.15) is 26.3 Å². The summed E-state index contributed by atoms with van der Waals surface area (Å²) in [5.41, 5.74) is 4.82. The first-order valence-electron chi connectivity index (χ1n) is 7.05. The minimum atomic E-state index is -4.85. The molecule has 0 amide bonds. The number of aryl methyl sites for hydroxylation is 1. The molecule has 0 heterocycles. The number of anilines is 1. The first-order valence-corrected chi connectivity index (χ1v) is 7.05. The maximum absolute atomic E-state index is 12.9. The van der Waals surface area contributed by atoms with Gasteiger partial charge in [-0.25, -0.2) is 0 Å². The van der Waals surface area contributed by atoms with E-state index in [0.717, 1.165) is 12.1 Å². The third kappa shape index (κ3) is 3.83. The van der Waals surface area contributed by atoms with Gasteiger partial charge in [-0.05, 0) is 47.9 Å². The highest BCUT2D eigenvalue weighted by molar-refractivity contribution is 5.50. The molecule has 130 valence electrons. The Hall–Kier alpha value is -2.18. The van der Waals surface area contributed by atoms with Gasteiger partial charge in [0.05, 0.1) is 11.1 Å². The number of hydrogen-bond donors (Lipinski definition) is 1. The largest absolute Gasteiger partial charge is 0.416 e. The van der Waals surface area contributed by atoms with E-state index in [9.17, 15) is 26.3 Å². The van der Waals surface area contributed by atoms with Crippen molar-refractivity contribution in [2.24, 2.45) is 0 Å². The van der Waals surface area contributed by atoms with Crippen LogP contribution in [0.5, 0.6) is 0 Å². The minimum Gasteiger partial charge on any atom is -0.399 e. The lowest BCUT2D eigenvalue weighted by atomic mass is 9.89. The van der Waals surface area contributed by atoms with Crippen LogP contribution in [0, 0.1) is 6.92 Å². The summed E-state index contributed by atoms with van der Waals surface area (Å²) in [7, 11) is 0. The van der Waals surface area contributed by atoms with Crippen molar-refractivity contribution in [3.63, 3.8) is 0 Å². The zero-order valence-corrected chi connectivity index (χ0v) is 12.9. The molecule has 0 bridgehead atoms. The van der Waals surface area contributed by atoms with Crippen molar-refractivity contribution >= 4 is 5.69 Å². The Kier molecular flexibility index (Phi) is 4.57. The van der Waals surface area contributed by atoms with Crippen LogP contribution in [0.1, 0.15) is 40.7 Å². The Morgan fingerprint density at radius 2 is 1.29 bits per heavy atom. The molecule has 0 saturated heterocycles. The number of hydrogen-bond acceptors (Lipinski definition) is 1. The van der Waals surface area contributed by atoms with E-state index in [1.165, 1.54) is 0 Å². The van der Waals surface area contributed by atoms with Gasteiger partial charge >= 0.3 is 12.4 Å². The molecule has 2 aromatic carbocycles. The van der Waals surface area contributed by atoms with Crippen LogP contribution in [-0.4, -0.2) is 0 Å². The summed E-state index contributed by atoms with van der Waals surface area (Å²) in [5.74, 6) is -0.646. The number of benzene rings is 2. The maximum atomic E-state index is 12.9. The molecule has 0 aromatic heterocycles. The molecular formula is C17H15F6N. The molecular weight excluding hydrogens is 332 g/mol. The van der Waals surface area contributed by atoms with Gasteiger partial charge in [-0.15, -0.1) is 0 Å². The van der Waals surface area contributed by atoms with Gasteiger partial charge in [0.15, 0.2) is 0 Å². The van der Waals surface area contributed by atoms with E-state index in [2.05, 4.69) is 0 Å². The third-order valence-corrected chi connectivity index (χ3v) is 3.90. The van der Waals surface area contributed by atoms with Crippen molar-refractivity contribution in [3.05, 3.63) is 64.2 Å². The molecule has 1 atom stereocenters. The predicted octanol–water partition coefficient (Wildman–Crippen LogP) is 5.77. The second-order valence-electron chi connectivity index (χ2n) is 5.68. The Labute approximate surface area is 135 Å². The molecule has 2 N–H and O–H groups in total. The molecule has 0 spiro atoms. The van der Waals surface area contributed by atoms with Crippen molar-refractivity contribution in [1.82, 2.24) is 0 Å². The maximum Gasteiger partial charge on any atom is 0.416 e. The Morgan fingerprint density at radius 3 is 1.71 bits per heavy atom. The molecule has 0 aliphatic heterocycles. The zero-order chi connectivity index (χ0) is 18.3. The lowest BCUT2D eigenvalue weighted by Crippen LogP contribution is -2.12. The molecule has 2 aromatic rings. The van der Waals surface area contributed by atoms with Gasteiger partial charge in [0.25, 0.3) is 0 Å². The third-order valence-electron chi connectivity index (χ3n) is 3.90. The number of nitrogen functional groups attached to an aromatic ring is 1. The van der Waals surface area contributed by atoms with E-state index >= 15 is 0 Å². The smallest absolute Gasteiger partial charge is 0.399 e. The zero-order valence-electron chi connectivity index (χ0n) is 12.9. The van der Waals surface area contributed by atoms with Crippen LogP contribution in [0.15, 0.2) is 36.4 Å². The summed E-state index contributed by atoms with van der Waals surface area (Å²) in [6.45, 7) is 3.28. The summed E-state index contributed by atoms with van der Waals surface area (Å²) in [4.78, 5) is 0. The minimum absolute atomic E-state index is 0.0543. The van der Waals surface area contributed by atoms with Crippen molar-refractivity contribution in [3.8, 4) is 0 Å². The lowest BCUT2D eigenvalue weighted by Gasteiger charge is -2.19. The summed E-state index contributed by atoms with van der Waals surface area (Å²) in [6.07, 6.45) is -9.71. The summed E-state index contributed by atoms with van der Waals surface area (Å²) in [6, 6.07) is 6.48. The van der Waals surface area contributed by atoms with Crippen molar-refractivity contribution in [1.29, 1.82) is 0 Å². The molecule has 0 aliphatic carbocycles. The SMILES string of the molecule is Cc1cc(C(C)c2cc(C(F)(F)F)cc(C(F)(F)F)c2)ccc1N. The highest BCUT2D eigenvalue weighted by Crippen LogP contribution is 2.39. The average molecular weight is 347 g/mol. The molecule has 0 saturated carbocycles. The number of alkyl halides is 6. The summed E-state index contributed by atoms with van der Waals surface area (Å²) < 4.78 is 77.6. The quantitative estimate of drug-likeness (QED) is 0.542. The number of rotatable bonds is 2. The van der Waals surface area contributed by atoms with Gasteiger partial charge in [0.1, 0.15) is 0 Å². The molecule has 0 fully saturated rings. The number of nitrogens with two attached hydrogens (primary N) is 1. The second-order valence-corrected chi connectivity index (χ2v) is 5.68. The first kappa shape index (κ1) is 18.2. The Balaban J connectivity index is 2.57. The monoisotopic (exact) mass is 347 g/mol. The van der Waals surface area contributed by atoms with Gasteiger partial charge in [-0.3, -0.25) is 0 Å². The lowest BCUT2D eigenvalue weighted by molar-refractivity contribution is -0.143. The van der Waals surface area contributed by atoms with Crippen molar-refractivity contribution in [2.75, 3.05) is 5.73 Å². The topological polar surface area (TPSA) is 26.0 Å². The highest BCUT2D eigenvalue weighted by atomic mass is 19.4. The Bertz CT molecular complexity index is 713. The van der Waals surface area contributed by atoms with Gasteiger partial charge < -0.3 is 5.73 Å². The fraction of sp³-hybridized carbons (Fsp3) is 0.294. The molecule has 24 heavy (non-hydrogen) atoms. The van der Waals surface area contributed by atoms with Crippen LogP contribution >= 0.6 is 0 Å². The average Bonchev–Trinajstić information content (AvgIpc) is 2.47.